The van der Waals surface area contributed by atoms with Crippen molar-refractivity contribution < 1.29 is 23.6 Å². The van der Waals surface area contributed by atoms with Gasteiger partial charge in [0.1, 0.15) is 23.9 Å². The summed E-state index contributed by atoms with van der Waals surface area (Å²) in [5.74, 6) is 1.26. The van der Waals surface area contributed by atoms with E-state index in [0.717, 1.165) is 10.5 Å². The van der Waals surface area contributed by atoms with Gasteiger partial charge in [-0.15, -0.1) is 0 Å². The molecule has 0 radical (unpaired) electrons. The standard InChI is InChI=1S/C26H22N2O6S/c1-17-6-9-23(10-7-17)35-24-13-18(12-19(14-24)28(30)31)27-26(29)25-11-8-22(34-25)16-33-21-5-3-4-20(15-21)32-2/h3-15H,16H2,1-2H3,(H,27,29). The molecular weight excluding hydrogens is 468 g/mol. The quantitative estimate of drug-likeness (QED) is 0.211. The first-order valence-electron chi connectivity index (χ1n) is 10.6. The van der Waals surface area contributed by atoms with Crippen LogP contribution in [0.2, 0.25) is 0 Å². The Labute approximate surface area is 206 Å². The lowest BCUT2D eigenvalue weighted by Gasteiger charge is -2.08. The Kier molecular flexibility index (Phi) is 7.37. The third-order valence-corrected chi connectivity index (χ3v) is 5.90. The second-order valence-corrected chi connectivity index (χ2v) is 8.72. The summed E-state index contributed by atoms with van der Waals surface area (Å²) in [5.41, 5.74) is 1.29. The molecule has 0 bridgehead atoms. The fourth-order valence-corrected chi connectivity index (χ4v) is 4.09. The normalized spacial score (nSPS) is 10.6. The highest BCUT2D eigenvalue weighted by atomic mass is 32.2. The molecule has 0 fully saturated rings. The zero-order valence-corrected chi connectivity index (χ0v) is 19.8. The van der Waals surface area contributed by atoms with Gasteiger partial charge in [0.2, 0.25) is 0 Å². The molecule has 1 heterocycles. The van der Waals surface area contributed by atoms with Crippen molar-refractivity contribution in [2.24, 2.45) is 0 Å². The smallest absolute Gasteiger partial charge is 0.291 e. The van der Waals surface area contributed by atoms with E-state index in [9.17, 15) is 14.9 Å². The number of nitro groups is 1. The lowest BCUT2D eigenvalue weighted by atomic mass is 10.2. The van der Waals surface area contributed by atoms with E-state index in [1.54, 1.807) is 43.5 Å². The highest BCUT2D eigenvalue weighted by Crippen LogP contribution is 2.33. The summed E-state index contributed by atoms with van der Waals surface area (Å²) < 4.78 is 16.5. The van der Waals surface area contributed by atoms with Gasteiger partial charge in [-0.25, -0.2) is 0 Å². The average molecular weight is 491 g/mol. The maximum atomic E-state index is 12.7. The fourth-order valence-electron chi connectivity index (χ4n) is 3.18. The summed E-state index contributed by atoms with van der Waals surface area (Å²) in [6, 6.07) is 22.6. The number of benzene rings is 3. The highest BCUT2D eigenvalue weighted by Gasteiger charge is 2.16. The minimum atomic E-state index is -0.524. The molecule has 4 rings (SSSR count). The Morgan fingerprint density at radius 3 is 2.51 bits per heavy atom. The second-order valence-electron chi connectivity index (χ2n) is 7.58. The number of carbonyl (C=O) groups excluding carboxylic acids is 1. The molecule has 35 heavy (non-hydrogen) atoms. The molecule has 0 aliphatic carbocycles. The monoisotopic (exact) mass is 490 g/mol. The SMILES string of the molecule is COc1cccc(OCc2ccc(C(=O)Nc3cc(Sc4ccc(C)cc4)cc([N+](=O)[O-])c3)o2)c1. The van der Waals surface area contributed by atoms with Crippen LogP contribution in [-0.2, 0) is 6.61 Å². The van der Waals surface area contributed by atoms with E-state index in [4.69, 9.17) is 13.9 Å². The summed E-state index contributed by atoms with van der Waals surface area (Å²) >= 11 is 1.37. The molecule has 0 spiro atoms. The second kappa shape index (κ2) is 10.8. The van der Waals surface area contributed by atoms with E-state index in [1.165, 1.54) is 30.0 Å². The van der Waals surface area contributed by atoms with Crippen LogP contribution in [0.3, 0.4) is 0 Å². The first-order valence-corrected chi connectivity index (χ1v) is 11.4. The third kappa shape index (κ3) is 6.42. The van der Waals surface area contributed by atoms with Crippen LogP contribution in [-0.4, -0.2) is 17.9 Å². The van der Waals surface area contributed by atoms with Crippen LogP contribution in [0.1, 0.15) is 21.9 Å². The van der Waals surface area contributed by atoms with Gasteiger partial charge in [-0.2, -0.15) is 0 Å². The lowest BCUT2D eigenvalue weighted by Crippen LogP contribution is -2.11. The third-order valence-electron chi connectivity index (χ3n) is 4.92. The number of carbonyl (C=O) groups is 1. The number of hydrogen-bond donors (Lipinski definition) is 1. The van der Waals surface area contributed by atoms with Crippen molar-refractivity contribution in [2.45, 2.75) is 23.3 Å². The average Bonchev–Trinajstić information content (AvgIpc) is 3.33. The Balaban J connectivity index is 1.45. The van der Waals surface area contributed by atoms with E-state index >= 15 is 0 Å². The lowest BCUT2D eigenvalue weighted by molar-refractivity contribution is -0.385. The minimum absolute atomic E-state index is 0.0634. The first kappa shape index (κ1) is 23.9. The number of aryl methyl sites for hydroxylation is 1. The fraction of sp³-hybridized carbons (Fsp3) is 0.115. The molecule has 1 aromatic heterocycles. The number of non-ortho nitro benzene ring substituents is 1. The molecule has 0 aliphatic rings. The van der Waals surface area contributed by atoms with Crippen LogP contribution >= 0.6 is 11.8 Å². The van der Waals surface area contributed by atoms with Crippen LogP contribution in [0.25, 0.3) is 0 Å². The topological polar surface area (TPSA) is 104 Å². The van der Waals surface area contributed by atoms with Crippen molar-refractivity contribution in [3.8, 4) is 11.5 Å². The van der Waals surface area contributed by atoms with Gasteiger partial charge in [0.15, 0.2) is 5.76 Å². The van der Waals surface area contributed by atoms with Crippen LogP contribution in [0.15, 0.2) is 93.1 Å². The Morgan fingerprint density at radius 1 is 1.00 bits per heavy atom. The Hall–Kier alpha value is -4.24. The number of nitrogens with zero attached hydrogens (tertiary/aromatic N) is 1. The molecule has 0 saturated carbocycles. The van der Waals surface area contributed by atoms with E-state index in [0.29, 0.717) is 27.8 Å². The van der Waals surface area contributed by atoms with Crippen LogP contribution in [0.4, 0.5) is 11.4 Å². The Bertz CT molecular complexity index is 1350. The molecule has 9 heteroatoms. The number of methoxy groups -OCH3 is 1. The summed E-state index contributed by atoms with van der Waals surface area (Å²) in [6.45, 7) is 2.11. The van der Waals surface area contributed by atoms with Gasteiger partial charge >= 0.3 is 0 Å². The molecule has 8 nitrogen and oxygen atoms in total. The predicted molar refractivity (Wildman–Crippen MR) is 132 cm³/mol. The summed E-state index contributed by atoms with van der Waals surface area (Å²) in [4.78, 5) is 25.2. The van der Waals surface area contributed by atoms with Crippen LogP contribution in [0, 0.1) is 17.0 Å². The van der Waals surface area contributed by atoms with Crippen molar-refractivity contribution in [3.05, 3.63) is 106 Å². The number of ether oxygens (including phenoxy) is 2. The molecule has 3 aromatic carbocycles. The number of amides is 1. The number of rotatable bonds is 9. The molecule has 0 saturated heterocycles. The first-order chi connectivity index (χ1) is 16.9. The molecule has 0 unspecified atom stereocenters. The van der Waals surface area contributed by atoms with Crippen molar-refractivity contribution in [3.63, 3.8) is 0 Å². The molecule has 0 atom stereocenters. The van der Waals surface area contributed by atoms with Crippen LogP contribution < -0.4 is 14.8 Å². The van der Waals surface area contributed by atoms with Crippen molar-refractivity contribution in [2.75, 3.05) is 12.4 Å². The predicted octanol–water partition coefficient (Wildman–Crippen LogP) is 6.49. The number of anilines is 1. The minimum Gasteiger partial charge on any atom is -0.497 e. The van der Waals surface area contributed by atoms with Gasteiger partial charge < -0.3 is 19.2 Å². The van der Waals surface area contributed by atoms with E-state index in [2.05, 4.69) is 5.32 Å². The zero-order chi connectivity index (χ0) is 24.8. The van der Waals surface area contributed by atoms with Gasteiger partial charge in [-0.05, 0) is 49.4 Å². The van der Waals surface area contributed by atoms with Crippen molar-refractivity contribution in [1.82, 2.24) is 0 Å². The van der Waals surface area contributed by atoms with E-state index in [-0.39, 0.29) is 18.1 Å². The summed E-state index contributed by atoms with van der Waals surface area (Å²) in [6.07, 6.45) is 0. The van der Waals surface area contributed by atoms with Gasteiger partial charge in [-0.1, -0.05) is 35.5 Å². The van der Waals surface area contributed by atoms with Crippen molar-refractivity contribution in [1.29, 1.82) is 0 Å². The van der Waals surface area contributed by atoms with Gasteiger partial charge in [0.25, 0.3) is 11.6 Å². The number of nitrogens with one attached hydrogen (secondary N) is 1. The molecule has 0 aliphatic heterocycles. The van der Waals surface area contributed by atoms with Crippen molar-refractivity contribution >= 4 is 29.0 Å². The molecule has 4 aromatic rings. The number of furan rings is 1. The molecule has 1 N–H and O–H groups in total. The van der Waals surface area contributed by atoms with Gasteiger partial charge in [-0.3, -0.25) is 14.9 Å². The number of nitro benzene ring substituents is 1. The largest absolute Gasteiger partial charge is 0.497 e. The zero-order valence-electron chi connectivity index (χ0n) is 19.0. The Morgan fingerprint density at radius 2 is 1.77 bits per heavy atom. The van der Waals surface area contributed by atoms with Gasteiger partial charge in [0, 0.05) is 33.7 Å². The maximum absolute atomic E-state index is 12.7. The highest BCUT2D eigenvalue weighted by molar-refractivity contribution is 7.99. The molecule has 1 amide bonds. The molecule has 178 valence electrons. The molecular formula is C26H22N2O6S. The summed E-state index contributed by atoms with van der Waals surface area (Å²) in [5, 5.41) is 14.1. The van der Waals surface area contributed by atoms with Gasteiger partial charge in [0.05, 0.1) is 12.0 Å². The number of hydrogen-bond acceptors (Lipinski definition) is 7. The maximum Gasteiger partial charge on any atom is 0.291 e. The van der Waals surface area contributed by atoms with Crippen LogP contribution in [0.5, 0.6) is 11.5 Å². The summed E-state index contributed by atoms with van der Waals surface area (Å²) in [7, 11) is 1.57. The van der Waals surface area contributed by atoms with E-state index in [1.807, 2.05) is 31.2 Å². The van der Waals surface area contributed by atoms with E-state index < -0.39 is 10.8 Å².